The summed E-state index contributed by atoms with van der Waals surface area (Å²) in [7, 11) is 0. The van der Waals surface area contributed by atoms with Crippen LogP contribution in [0.4, 0.5) is 0 Å². The Morgan fingerprint density at radius 2 is 0.971 bits per heavy atom. The highest BCUT2D eigenvalue weighted by molar-refractivity contribution is 5.10. The molecule has 0 radical (unpaired) electrons. The summed E-state index contributed by atoms with van der Waals surface area (Å²) in [6, 6.07) is 0. The van der Waals surface area contributed by atoms with Gasteiger partial charge in [-0.2, -0.15) is 0 Å². The van der Waals surface area contributed by atoms with Crippen LogP contribution >= 0.6 is 0 Å². The van der Waals surface area contributed by atoms with E-state index >= 15 is 0 Å². The van der Waals surface area contributed by atoms with Crippen molar-refractivity contribution in [3.63, 3.8) is 0 Å². The predicted octanol–water partition coefficient (Wildman–Crippen LogP) is 12.7. The fourth-order valence-corrected chi connectivity index (χ4v) is 4.91. The smallest absolute Gasteiger partial charge is 0.0166 e. The summed E-state index contributed by atoms with van der Waals surface area (Å²) in [5.41, 5.74) is 1.80. The van der Waals surface area contributed by atoms with Crippen molar-refractivity contribution in [2.24, 2.45) is 5.92 Å². The number of hydrogen-bond acceptors (Lipinski definition) is 0. The van der Waals surface area contributed by atoms with Crippen LogP contribution in [-0.4, -0.2) is 0 Å². The van der Waals surface area contributed by atoms with E-state index in [0.717, 1.165) is 12.3 Å². The quantitative estimate of drug-likeness (QED) is 0.0867. The van der Waals surface area contributed by atoms with Crippen LogP contribution in [0.25, 0.3) is 0 Å². The number of rotatable bonds is 26. The van der Waals surface area contributed by atoms with Crippen LogP contribution < -0.4 is 0 Å². The zero-order chi connectivity index (χ0) is 25.0. The van der Waals surface area contributed by atoms with Crippen LogP contribution in [0.2, 0.25) is 0 Å². The molecule has 0 heteroatoms. The van der Waals surface area contributed by atoms with Crippen LogP contribution in [0, 0.1) is 5.92 Å². The Hall–Kier alpha value is -0.780. The molecule has 0 heterocycles. The van der Waals surface area contributed by atoms with Crippen LogP contribution in [0.5, 0.6) is 0 Å². The van der Waals surface area contributed by atoms with E-state index in [1.807, 2.05) is 0 Å². The summed E-state index contributed by atoms with van der Waals surface area (Å²) in [5.74, 6) is 0.807. The highest BCUT2D eigenvalue weighted by Crippen LogP contribution is 2.29. The molecule has 1 atom stereocenters. The highest BCUT2D eigenvalue weighted by atomic mass is 14.2. The molecule has 200 valence electrons. The molecule has 0 amide bonds. The molecule has 0 fully saturated rings. The molecule has 0 aromatic carbocycles. The number of unbranched alkanes of at least 4 members (excludes halogenated alkanes) is 14. The lowest BCUT2D eigenvalue weighted by Crippen LogP contribution is -2.06. The number of hydrogen-bond donors (Lipinski definition) is 0. The van der Waals surface area contributed by atoms with Crippen LogP contribution in [0.3, 0.4) is 0 Å². The van der Waals surface area contributed by atoms with Gasteiger partial charge < -0.3 is 0 Å². The summed E-state index contributed by atoms with van der Waals surface area (Å²) in [5, 5.41) is 0. The van der Waals surface area contributed by atoms with Crippen molar-refractivity contribution in [3.05, 3.63) is 36.0 Å². The van der Waals surface area contributed by atoms with Gasteiger partial charge in [-0.3, -0.25) is 0 Å². The molecular formula is C34H64. The Balaban J connectivity index is 4.95. The molecule has 0 bridgehead atoms. The van der Waals surface area contributed by atoms with Gasteiger partial charge in [-0.1, -0.05) is 147 Å². The summed E-state index contributed by atoms with van der Waals surface area (Å²) in [4.78, 5) is 0. The van der Waals surface area contributed by atoms with E-state index in [9.17, 15) is 0 Å². The monoisotopic (exact) mass is 473 g/mol. The molecule has 34 heavy (non-hydrogen) atoms. The van der Waals surface area contributed by atoms with Crippen molar-refractivity contribution < 1.29 is 0 Å². The van der Waals surface area contributed by atoms with E-state index in [4.69, 9.17) is 0 Å². The topological polar surface area (TPSA) is 0 Å². The Kier molecular flexibility index (Phi) is 27.8. The lowest BCUT2D eigenvalue weighted by molar-refractivity contribution is 0.461. The second kappa shape index (κ2) is 28.5. The van der Waals surface area contributed by atoms with E-state index < -0.39 is 0 Å². The fourth-order valence-electron chi connectivity index (χ4n) is 4.91. The summed E-state index contributed by atoms with van der Waals surface area (Å²) >= 11 is 0. The van der Waals surface area contributed by atoms with Gasteiger partial charge in [0.25, 0.3) is 0 Å². The molecule has 0 aromatic heterocycles. The van der Waals surface area contributed by atoms with Crippen molar-refractivity contribution in [1.29, 1.82) is 0 Å². The van der Waals surface area contributed by atoms with Crippen molar-refractivity contribution >= 4 is 0 Å². The van der Waals surface area contributed by atoms with Crippen LogP contribution in [0.15, 0.2) is 36.0 Å². The molecule has 0 nitrogen and oxygen atoms in total. The normalized spacial score (nSPS) is 13.5. The standard InChI is InChI=1S/C34H64/c1-5-9-13-17-19-23-27-31-33(29-25-21-15-11-7-3)34(30-26-22-16-12-8-4)32-28-24-20-18-14-10-6-2/h19-20,23-24,31,34H,5-18,21-22,25-30,32H2,1-4H3/b23-19+,24-20+,33-31-. The minimum atomic E-state index is 0.807. The SMILES string of the molecule is CCCCC/C=C/C/C=C(/CCCCCCC)C(CC/C=C/CCCCC)CCCCCCC. The third kappa shape index (κ3) is 23.0. The maximum Gasteiger partial charge on any atom is -0.0166 e. The Labute approximate surface area is 217 Å². The van der Waals surface area contributed by atoms with Gasteiger partial charge in [0.05, 0.1) is 0 Å². The second-order valence-corrected chi connectivity index (χ2v) is 10.6. The zero-order valence-corrected chi connectivity index (χ0v) is 24.2. The molecular weight excluding hydrogens is 408 g/mol. The van der Waals surface area contributed by atoms with Crippen molar-refractivity contribution in [1.82, 2.24) is 0 Å². The third-order valence-corrected chi connectivity index (χ3v) is 7.23. The Bertz CT molecular complexity index is 466. The van der Waals surface area contributed by atoms with E-state index in [-0.39, 0.29) is 0 Å². The zero-order valence-electron chi connectivity index (χ0n) is 24.2. The van der Waals surface area contributed by atoms with Gasteiger partial charge in [-0.25, -0.2) is 0 Å². The van der Waals surface area contributed by atoms with E-state index in [0.29, 0.717) is 0 Å². The Morgan fingerprint density at radius 3 is 1.59 bits per heavy atom. The van der Waals surface area contributed by atoms with Crippen LogP contribution in [-0.2, 0) is 0 Å². The average Bonchev–Trinajstić information content (AvgIpc) is 2.85. The second-order valence-electron chi connectivity index (χ2n) is 10.6. The lowest BCUT2D eigenvalue weighted by Gasteiger charge is -2.21. The molecule has 1 unspecified atom stereocenters. The maximum absolute atomic E-state index is 2.64. The maximum atomic E-state index is 2.64. The van der Waals surface area contributed by atoms with Crippen molar-refractivity contribution in [2.75, 3.05) is 0 Å². The average molecular weight is 473 g/mol. The first-order valence-electron chi connectivity index (χ1n) is 15.8. The molecule has 0 spiro atoms. The largest absolute Gasteiger partial charge is 0.0885 e. The van der Waals surface area contributed by atoms with Gasteiger partial charge in [0, 0.05) is 0 Å². The molecule has 0 aromatic rings. The van der Waals surface area contributed by atoms with Gasteiger partial charge in [0.1, 0.15) is 0 Å². The summed E-state index contributed by atoms with van der Waals surface area (Å²) < 4.78 is 0. The van der Waals surface area contributed by atoms with Gasteiger partial charge in [0.15, 0.2) is 0 Å². The van der Waals surface area contributed by atoms with E-state index in [2.05, 4.69) is 58.1 Å². The minimum Gasteiger partial charge on any atom is -0.0885 e. The number of allylic oxidation sites excluding steroid dienone is 6. The van der Waals surface area contributed by atoms with E-state index in [1.165, 1.54) is 141 Å². The molecule has 0 aliphatic carbocycles. The molecule has 0 saturated heterocycles. The molecule has 0 aliphatic heterocycles. The molecule has 0 saturated carbocycles. The predicted molar refractivity (Wildman–Crippen MR) is 159 cm³/mol. The summed E-state index contributed by atoms with van der Waals surface area (Å²) in [6.07, 6.45) is 43.7. The lowest BCUT2D eigenvalue weighted by atomic mass is 9.85. The Morgan fingerprint density at radius 1 is 0.471 bits per heavy atom. The first kappa shape index (κ1) is 33.2. The third-order valence-electron chi connectivity index (χ3n) is 7.23. The van der Waals surface area contributed by atoms with Crippen molar-refractivity contribution in [3.8, 4) is 0 Å². The first-order valence-corrected chi connectivity index (χ1v) is 15.8. The highest BCUT2D eigenvalue weighted by Gasteiger charge is 2.13. The van der Waals surface area contributed by atoms with Gasteiger partial charge in [-0.15, -0.1) is 0 Å². The van der Waals surface area contributed by atoms with E-state index in [1.54, 1.807) is 5.57 Å². The van der Waals surface area contributed by atoms with Crippen molar-refractivity contribution in [2.45, 2.75) is 175 Å². The molecule has 0 N–H and O–H groups in total. The van der Waals surface area contributed by atoms with Gasteiger partial charge in [-0.05, 0) is 70.1 Å². The first-order chi connectivity index (χ1) is 16.8. The minimum absolute atomic E-state index is 0.807. The van der Waals surface area contributed by atoms with Gasteiger partial charge in [0.2, 0.25) is 0 Å². The summed E-state index contributed by atoms with van der Waals surface area (Å²) in [6.45, 7) is 9.24. The molecule has 0 rings (SSSR count). The molecule has 0 aliphatic rings. The van der Waals surface area contributed by atoms with Crippen LogP contribution in [0.1, 0.15) is 175 Å². The van der Waals surface area contributed by atoms with Gasteiger partial charge >= 0.3 is 0 Å². The fraction of sp³-hybridized carbons (Fsp3) is 0.824.